The number of aromatic nitrogens is 2. The van der Waals surface area contributed by atoms with Gasteiger partial charge in [0.1, 0.15) is 11.4 Å². The Bertz CT molecular complexity index is 2130. The van der Waals surface area contributed by atoms with Crippen molar-refractivity contribution in [2.24, 2.45) is 5.10 Å². The summed E-state index contributed by atoms with van der Waals surface area (Å²) in [5, 5.41) is 8.36. The van der Waals surface area contributed by atoms with E-state index in [4.69, 9.17) is 18.9 Å². The highest BCUT2D eigenvalue weighted by molar-refractivity contribution is 9.10. The van der Waals surface area contributed by atoms with Gasteiger partial charge in [-0.2, -0.15) is 9.78 Å². The third-order valence-corrected chi connectivity index (χ3v) is 7.46. The van der Waals surface area contributed by atoms with Crippen molar-refractivity contribution in [2.75, 3.05) is 19.0 Å². The van der Waals surface area contributed by atoms with Crippen molar-refractivity contribution in [3.63, 3.8) is 0 Å². The largest absolute Gasteiger partial charge is 0.493 e. The molecule has 0 aliphatic carbocycles. The average Bonchev–Trinajstić information content (AvgIpc) is 3.44. The molecule has 0 bridgehead atoms. The normalized spacial score (nSPS) is 11.4. The molecule has 1 N–H and O–H groups in total. The van der Waals surface area contributed by atoms with Crippen LogP contribution in [0.2, 0.25) is 0 Å². The third kappa shape index (κ3) is 6.12. The standard InChI is InChI=1S/C32H21Br2FN4O5/c1-42-27-15-21(34)13-19(30(27)43-17-29(40)37-23-9-7-22(35)8-10-23)16-36-39-31(38-25-5-3-2-4-24(25)32(39)41)28-14-18-12-20(33)6-11-26(18)44-28/h2-16H,17H2,1H3,(H,37,40). The van der Waals surface area contributed by atoms with Crippen LogP contribution in [0.5, 0.6) is 11.5 Å². The number of para-hydroxylation sites is 1. The number of fused-ring (bicyclic) bond motifs is 2. The Balaban J connectivity index is 1.39. The number of ether oxygens (including phenoxy) is 2. The van der Waals surface area contributed by atoms with E-state index in [1.807, 2.05) is 18.2 Å². The Labute approximate surface area is 266 Å². The minimum absolute atomic E-state index is 0.195. The summed E-state index contributed by atoms with van der Waals surface area (Å²) in [4.78, 5) is 31.0. The number of carbonyl (C=O) groups is 1. The lowest BCUT2D eigenvalue weighted by Gasteiger charge is -2.14. The number of benzene rings is 4. The second kappa shape index (κ2) is 12.4. The van der Waals surface area contributed by atoms with Crippen molar-refractivity contribution in [2.45, 2.75) is 0 Å². The number of furan rings is 1. The maximum absolute atomic E-state index is 13.7. The molecule has 0 unspecified atom stereocenters. The van der Waals surface area contributed by atoms with Crippen LogP contribution < -0.4 is 20.3 Å². The first-order chi connectivity index (χ1) is 21.3. The quantitative estimate of drug-likeness (QED) is 0.165. The SMILES string of the molecule is COc1cc(Br)cc(C=Nn2c(-c3cc4cc(Br)ccc4o3)nc3ccccc3c2=O)c1OCC(=O)Nc1ccc(F)cc1. The van der Waals surface area contributed by atoms with Crippen LogP contribution >= 0.6 is 31.9 Å². The summed E-state index contributed by atoms with van der Waals surface area (Å²) in [5.74, 6) is 0.186. The molecule has 0 saturated heterocycles. The summed E-state index contributed by atoms with van der Waals surface area (Å²) in [6, 6.07) is 23.1. The van der Waals surface area contributed by atoms with Crippen LogP contribution in [0.15, 0.2) is 108 Å². The highest BCUT2D eigenvalue weighted by Gasteiger charge is 2.18. The topological polar surface area (TPSA) is 108 Å². The molecule has 0 aliphatic heterocycles. The maximum Gasteiger partial charge on any atom is 0.282 e. The van der Waals surface area contributed by atoms with Gasteiger partial charge < -0.3 is 19.2 Å². The maximum atomic E-state index is 13.7. The molecule has 0 aliphatic rings. The lowest BCUT2D eigenvalue weighted by Crippen LogP contribution is -2.21. The second-order valence-corrected chi connectivity index (χ2v) is 11.3. The first-order valence-corrected chi connectivity index (χ1v) is 14.7. The van der Waals surface area contributed by atoms with E-state index in [-0.39, 0.29) is 18.2 Å². The molecule has 6 rings (SSSR count). The van der Waals surface area contributed by atoms with Crippen molar-refractivity contribution < 1.29 is 23.1 Å². The Morgan fingerprint density at radius 2 is 1.84 bits per heavy atom. The number of nitrogens with zero attached hydrogens (tertiary/aromatic N) is 3. The summed E-state index contributed by atoms with van der Waals surface area (Å²) in [6.07, 6.45) is 1.42. The Morgan fingerprint density at radius 3 is 2.64 bits per heavy atom. The van der Waals surface area contributed by atoms with E-state index in [2.05, 4.69) is 42.3 Å². The monoisotopic (exact) mass is 718 g/mol. The van der Waals surface area contributed by atoms with Crippen molar-refractivity contribution in [3.05, 3.63) is 116 Å². The molecule has 0 atom stereocenters. The predicted molar refractivity (Wildman–Crippen MR) is 173 cm³/mol. The fourth-order valence-electron chi connectivity index (χ4n) is 4.49. The lowest BCUT2D eigenvalue weighted by molar-refractivity contribution is -0.118. The fraction of sp³-hybridized carbons (Fsp3) is 0.0625. The summed E-state index contributed by atoms with van der Waals surface area (Å²) < 4.78 is 33.4. The van der Waals surface area contributed by atoms with Gasteiger partial charge in [0.05, 0.1) is 24.2 Å². The zero-order valence-corrected chi connectivity index (χ0v) is 26.1. The average molecular weight is 720 g/mol. The van der Waals surface area contributed by atoms with E-state index in [1.54, 1.807) is 42.5 Å². The molecule has 9 nitrogen and oxygen atoms in total. The van der Waals surface area contributed by atoms with E-state index >= 15 is 0 Å². The molecule has 4 aromatic carbocycles. The highest BCUT2D eigenvalue weighted by Crippen LogP contribution is 2.34. The van der Waals surface area contributed by atoms with Crippen LogP contribution in [0.1, 0.15) is 5.56 Å². The predicted octanol–water partition coefficient (Wildman–Crippen LogP) is 7.38. The number of amides is 1. The molecule has 0 spiro atoms. The number of anilines is 1. The van der Waals surface area contributed by atoms with Crippen molar-refractivity contribution in [1.82, 2.24) is 9.66 Å². The molecule has 0 fully saturated rings. The Hall–Kier alpha value is -4.81. The second-order valence-electron chi connectivity index (χ2n) is 9.48. The lowest BCUT2D eigenvalue weighted by atomic mass is 10.2. The molecule has 0 radical (unpaired) electrons. The number of halogens is 3. The van der Waals surface area contributed by atoms with Gasteiger partial charge in [-0.3, -0.25) is 9.59 Å². The van der Waals surface area contributed by atoms with Crippen LogP contribution in [0, 0.1) is 5.82 Å². The van der Waals surface area contributed by atoms with E-state index in [0.717, 1.165) is 14.5 Å². The van der Waals surface area contributed by atoms with E-state index < -0.39 is 17.3 Å². The minimum Gasteiger partial charge on any atom is -0.493 e. The molecular weight excluding hydrogens is 699 g/mol. The minimum atomic E-state index is -0.474. The van der Waals surface area contributed by atoms with Gasteiger partial charge in [0.2, 0.25) is 5.82 Å². The molecule has 0 saturated carbocycles. The van der Waals surface area contributed by atoms with Gasteiger partial charge in [0, 0.05) is 25.6 Å². The van der Waals surface area contributed by atoms with Gasteiger partial charge in [0.25, 0.3) is 11.5 Å². The highest BCUT2D eigenvalue weighted by atomic mass is 79.9. The molecule has 2 aromatic heterocycles. The number of hydrogen-bond acceptors (Lipinski definition) is 7. The number of hydrogen-bond donors (Lipinski definition) is 1. The summed E-state index contributed by atoms with van der Waals surface area (Å²) in [6.45, 7) is -0.381. The first kappa shape index (κ1) is 29.3. The number of rotatable bonds is 8. The van der Waals surface area contributed by atoms with Crippen LogP contribution in [0.3, 0.4) is 0 Å². The molecule has 2 heterocycles. The van der Waals surface area contributed by atoms with Gasteiger partial charge in [0.15, 0.2) is 23.9 Å². The molecule has 1 amide bonds. The van der Waals surface area contributed by atoms with Crippen molar-refractivity contribution in [3.8, 4) is 23.1 Å². The zero-order chi connectivity index (χ0) is 30.8. The summed E-state index contributed by atoms with van der Waals surface area (Å²) in [7, 11) is 1.46. The van der Waals surface area contributed by atoms with Crippen LogP contribution in [-0.4, -0.2) is 35.5 Å². The zero-order valence-electron chi connectivity index (χ0n) is 22.9. The van der Waals surface area contributed by atoms with Crippen LogP contribution in [0.4, 0.5) is 10.1 Å². The van der Waals surface area contributed by atoms with E-state index in [1.165, 1.54) is 37.6 Å². The van der Waals surface area contributed by atoms with Crippen molar-refractivity contribution >= 4 is 71.5 Å². The number of carbonyl (C=O) groups excluding carboxylic acids is 1. The van der Waals surface area contributed by atoms with Gasteiger partial charge in [-0.05, 0) is 72.8 Å². The Morgan fingerprint density at radius 1 is 1.05 bits per heavy atom. The summed E-state index contributed by atoms with van der Waals surface area (Å²) in [5.41, 5.74) is 1.52. The van der Waals surface area contributed by atoms with Crippen molar-refractivity contribution in [1.29, 1.82) is 0 Å². The fourth-order valence-corrected chi connectivity index (χ4v) is 5.33. The number of methoxy groups -OCH3 is 1. The van der Waals surface area contributed by atoms with E-state index in [0.29, 0.717) is 43.7 Å². The molecular formula is C32H21Br2FN4O5. The van der Waals surface area contributed by atoms with Gasteiger partial charge >= 0.3 is 0 Å². The third-order valence-electron chi connectivity index (χ3n) is 6.51. The molecule has 12 heteroatoms. The van der Waals surface area contributed by atoms with Gasteiger partial charge in [-0.25, -0.2) is 9.37 Å². The summed E-state index contributed by atoms with van der Waals surface area (Å²) >= 11 is 6.93. The molecule has 6 aromatic rings. The smallest absolute Gasteiger partial charge is 0.282 e. The van der Waals surface area contributed by atoms with Gasteiger partial charge in [-0.1, -0.05) is 44.0 Å². The van der Waals surface area contributed by atoms with Crippen LogP contribution in [-0.2, 0) is 4.79 Å². The van der Waals surface area contributed by atoms with E-state index in [9.17, 15) is 14.0 Å². The number of nitrogens with one attached hydrogen (secondary N) is 1. The Kier molecular flexibility index (Phi) is 8.27. The molecule has 44 heavy (non-hydrogen) atoms. The van der Waals surface area contributed by atoms with Gasteiger partial charge in [-0.15, -0.1) is 0 Å². The van der Waals surface area contributed by atoms with Crippen LogP contribution in [0.25, 0.3) is 33.5 Å². The first-order valence-electron chi connectivity index (χ1n) is 13.1. The molecule has 220 valence electrons.